The predicted molar refractivity (Wildman–Crippen MR) is 41.4 cm³/mol. The number of carbonyl (C=O) groups excluding carboxylic acids is 2. The van der Waals surface area contributed by atoms with Gasteiger partial charge in [-0.25, -0.2) is 10.2 Å². The summed E-state index contributed by atoms with van der Waals surface area (Å²) in [5.41, 5.74) is 4.30. The molecule has 0 spiro atoms. The zero-order chi connectivity index (χ0) is 9.68. The maximum atomic E-state index is 11.1. The molecule has 1 rings (SSSR count). The normalized spacial score (nSPS) is 9.00. The van der Waals surface area contributed by atoms with Crippen molar-refractivity contribution in [2.75, 3.05) is 7.05 Å². The molecule has 70 valence electrons. The highest BCUT2D eigenvalue weighted by Crippen LogP contribution is 1.85. The van der Waals surface area contributed by atoms with Crippen LogP contribution in [0.15, 0.2) is 6.20 Å². The van der Waals surface area contributed by atoms with Crippen molar-refractivity contribution >= 4 is 11.9 Å². The van der Waals surface area contributed by atoms with E-state index in [4.69, 9.17) is 0 Å². The number of urea groups is 1. The van der Waals surface area contributed by atoms with Crippen LogP contribution in [0, 0.1) is 0 Å². The van der Waals surface area contributed by atoms with Crippen LogP contribution in [-0.2, 0) is 0 Å². The van der Waals surface area contributed by atoms with Gasteiger partial charge in [0, 0.05) is 7.05 Å². The molecule has 0 unspecified atom stereocenters. The van der Waals surface area contributed by atoms with Crippen LogP contribution >= 0.6 is 0 Å². The average Bonchev–Trinajstić information content (AvgIpc) is 2.66. The minimum Gasteiger partial charge on any atom is -0.340 e. The van der Waals surface area contributed by atoms with Crippen LogP contribution in [0.2, 0.25) is 0 Å². The number of nitrogens with one attached hydrogen (secondary N) is 4. The van der Waals surface area contributed by atoms with Crippen LogP contribution < -0.4 is 16.2 Å². The second-order valence-electron chi connectivity index (χ2n) is 2.01. The van der Waals surface area contributed by atoms with Crippen LogP contribution in [0.5, 0.6) is 0 Å². The first kappa shape index (κ1) is 8.97. The Kier molecular flexibility index (Phi) is 2.79. The summed E-state index contributed by atoms with van der Waals surface area (Å²) < 4.78 is 0. The van der Waals surface area contributed by atoms with Gasteiger partial charge in [-0.2, -0.15) is 15.4 Å². The lowest BCUT2D eigenvalue weighted by atomic mass is 10.5. The number of amides is 3. The molecule has 1 aromatic heterocycles. The topological polar surface area (TPSA) is 112 Å². The fourth-order valence-electron chi connectivity index (χ4n) is 0.551. The summed E-state index contributed by atoms with van der Waals surface area (Å²) in [6.45, 7) is 0. The molecule has 0 radical (unpaired) electrons. The number of hydrogen-bond acceptors (Lipinski definition) is 4. The Hall–Kier alpha value is -2.12. The number of hydrazine groups is 1. The molecule has 0 aromatic carbocycles. The molecule has 0 fully saturated rings. The van der Waals surface area contributed by atoms with Gasteiger partial charge in [-0.15, -0.1) is 0 Å². The molecule has 8 nitrogen and oxygen atoms in total. The first-order valence-electron chi connectivity index (χ1n) is 3.38. The second-order valence-corrected chi connectivity index (χ2v) is 2.01. The Morgan fingerprint density at radius 2 is 2.23 bits per heavy atom. The number of aromatic amines is 1. The number of carbonyl (C=O) groups is 2. The van der Waals surface area contributed by atoms with E-state index in [1.54, 1.807) is 0 Å². The summed E-state index contributed by atoms with van der Waals surface area (Å²) >= 11 is 0. The summed E-state index contributed by atoms with van der Waals surface area (Å²) in [5.74, 6) is -0.544. The Balaban J connectivity index is 2.39. The van der Waals surface area contributed by atoms with Crippen LogP contribution in [0.1, 0.15) is 10.5 Å². The van der Waals surface area contributed by atoms with Gasteiger partial charge >= 0.3 is 6.03 Å². The van der Waals surface area contributed by atoms with Crippen molar-refractivity contribution in [3.8, 4) is 0 Å². The zero-order valence-electron chi connectivity index (χ0n) is 6.79. The summed E-state index contributed by atoms with van der Waals surface area (Å²) in [5, 5.41) is 11.4. The molecule has 0 aliphatic rings. The molecule has 3 amide bonds. The highest BCUT2D eigenvalue weighted by atomic mass is 16.2. The molecular formula is C5H8N6O2. The van der Waals surface area contributed by atoms with Gasteiger partial charge < -0.3 is 5.32 Å². The van der Waals surface area contributed by atoms with E-state index in [9.17, 15) is 9.59 Å². The third-order valence-electron chi connectivity index (χ3n) is 1.16. The van der Waals surface area contributed by atoms with Gasteiger partial charge in [0.15, 0.2) is 5.69 Å². The SMILES string of the molecule is CNC(=O)NNC(=O)c1cn[nH]n1. The summed E-state index contributed by atoms with van der Waals surface area (Å²) in [6.07, 6.45) is 1.24. The summed E-state index contributed by atoms with van der Waals surface area (Å²) in [7, 11) is 1.43. The number of H-pyrrole nitrogens is 1. The van der Waals surface area contributed by atoms with E-state index in [1.165, 1.54) is 13.2 Å². The van der Waals surface area contributed by atoms with Crippen molar-refractivity contribution in [3.63, 3.8) is 0 Å². The first-order chi connectivity index (χ1) is 6.24. The lowest BCUT2D eigenvalue weighted by molar-refractivity contribution is 0.0931. The van der Waals surface area contributed by atoms with Gasteiger partial charge in [0.1, 0.15) is 0 Å². The minimum absolute atomic E-state index is 0.0939. The van der Waals surface area contributed by atoms with E-state index in [0.717, 1.165) is 0 Å². The number of aromatic nitrogens is 3. The molecule has 0 aliphatic heterocycles. The van der Waals surface area contributed by atoms with Crippen molar-refractivity contribution in [1.82, 2.24) is 31.6 Å². The highest BCUT2D eigenvalue weighted by molar-refractivity contribution is 5.92. The smallest absolute Gasteiger partial charge is 0.333 e. The molecule has 0 atom stereocenters. The Labute approximate surface area is 73.1 Å². The third-order valence-corrected chi connectivity index (χ3v) is 1.16. The van der Waals surface area contributed by atoms with E-state index in [-0.39, 0.29) is 5.69 Å². The molecular weight excluding hydrogens is 176 g/mol. The zero-order valence-corrected chi connectivity index (χ0v) is 6.79. The lowest BCUT2D eigenvalue weighted by Crippen LogP contribution is -2.45. The standard InChI is InChI=1S/C5H8N6O2/c1-6-5(13)10-9-4(12)3-2-7-11-8-3/h2H,1H3,(H,9,12)(H2,6,10,13)(H,7,8,11). The van der Waals surface area contributed by atoms with Crippen molar-refractivity contribution < 1.29 is 9.59 Å². The lowest BCUT2D eigenvalue weighted by Gasteiger charge is -2.03. The molecule has 0 bridgehead atoms. The number of rotatable bonds is 1. The van der Waals surface area contributed by atoms with Crippen LogP contribution in [0.4, 0.5) is 4.79 Å². The molecule has 0 aliphatic carbocycles. The van der Waals surface area contributed by atoms with Crippen LogP contribution in [0.3, 0.4) is 0 Å². The van der Waals surface area contributed by atoms with E-state index in [2.05, 4.69) is 31.6 Å². The van der Waals surface area contributed by atoms with Gasteiger partial charge in [0.05, 0.1) is 6.20 Å². The van der Waals surface area contributed by atoms with Crippen molar-refractivity contribution in [3.05, 3.63) is 11.9 Å². The maximum absolute atomic E-state index is 11.1. The van der Waals surface area contributed by atoms with Gasteiger partial charge in [-0.1, -0.05) is 0 Å². The Morgan fingerprint density at radius 1 is 1.46 bits per heavy atom. The van der Waals surface area contributed by atoms with Crippen molar-refractivity contribution in [1.29, 1.82) is 0 Å². The first-order valence-corrected chi connectivity index (χ1v) is 3.38. The van der Waals surface area contributed by atoms with Gasteiger partial charge in [-0.05, 0) is 0 Å². The fraction of sp³-hybridized carbons (Fsp3) is 0.200. The van der Waals surface area contributed by atoms with Gasteiger partial charge in [0.25, 0.3) is 5.91 Å². The molecule has 1 aromatic rings. The molecule has 8 heteroatoms. The molecule has 1 heterocycles. The fourth-order valence-corrected chi connectivity index (χ4v) is 0.551. The van der Waals surface area contributed by atoms with Gasteiger partial charge in [0.2, 0.25) is 0 Å². The predicted octanol–water partition coefficient (Wildman–Crippen LogP) is -1.62. The summed E-state index contributed by atoms with van der Waals surface area (Å²) in [6, 6.07) is -0.517. The second kappa shape index (κ2) is 4.04. The van der Waals surface area contributed by atoms with Crippen molar-refractivity contribution in [2.45, 2.75) is 0 Å². The third kappa shape index (κ3) is 2.43. The quantitative estimate of drug-likeness (QED) is 0.393. The van der Waals surface area contributed by atoms with E-state index >= 15 is 0 Å². The van der Waals surface area contributed by atoms with E-state index < -0.39 is 11.9 Å². The summed E-state index contributed by atoms with van der Waals surface area (Å²) in [4.78, 5) is 21.7. The van der Waals surface area contributed by atoms with Gasteiger partial charge in [-0.3, -0.25) is 10.2 Å². The number of nitrogens with zero attached hydrogens (tertiary/aromatic N) is 2. The van der Waals surface area contributed by atoms with E-state index in [0.29, 0.717) is 0 Å². The molecule has 0 saturated heterocycles. The largest absolute Gasteiger partial charge is 0.340 e. The molecule has 13 heavy (non-hydrogen) atoms. The van der Waals surface area contributed by atoms with Crippen LogP contribution in [-0.4, -0.2) is 34.4 Å². The Morgan fingerprint density at radius 3 is 2.77 bits per heavy atom. The average molecular weight is 184 g/mol. The highest BCUT2D eigenvalue weighted by Gasteiger charge is 2.08. The van der Waals surface area contributed by atoms with Crippen LogP contribution in [0.25, 0.3) is 0 Å². The maximum Gasteiger partial charge on any atom is 0.333 e. The molecule has 0 saturated carbocycles. The monoisotopic (exact) mass is 184 g/mol. The minimum atomic E-state index is -0.544. The molecule has 4 N–H and O–H groups in total. The number of hydrogen-bond donors (Lipinski definition) is 4. The van der Waals surface area contributed by atoms with E-state index in [1.807, 2.05) is 0 Å². The Bertz CT molecular complexity index is 294. The van der Waals surface area contributed by atoms with Crippen molar-refractivity contribution in [2.24, 2.45) is 0 Å².